The van der Waals surface area contributed by atoms with Crippen LogP contribution in [0.15, 0.2) is 30.3 Å². The summed E-state index contributed by atoms with van der Waals surface area (Å²) in [6.45, 7) is 2.43. The molecule has 0 aliphatic carbocycles. The molecule has 1 aromatic carbocycles. The molecule has 2 N–H and O–H groups in total. The highest BCUT2D eigenvalue weighted by Crippen LogP contribution is 2.15. The molecule has 0 unspecified atom stereocenters. The average molecular weight is 271 g/mol. The first-order valence-electron chi connectivity index (χ1n) is 6.30. The van der Waals surface area contributed by atoms with Gasteiger partial charge in [0.25, 0.3) is 0 Å². The topological polar surface area (TPSA) is 70.3 Å². The largest absolute Gasteiger partial charge is 0.497 e. The fourth-order valence-electron chi connectivity index (χ4n) is 1.67. The molecule has 104 valence electrons. The fraction of sp³-hybridized carbons (Fsp3) is 0.200. The predicted molar refractivity (Wildman–Crippen MR) is 79.5 cm³/mol. The number of rotatable bonds is 5. The van der Waals surface area contributed by atoms with E-state index in [1.807, 2.05) is 43.3 Å². The van der Waals surface area contributed by atoms with Crippen molar-refractivity contribution < 1.29 is 9.47 Å². The smallest absolute Gasteiger partial charge is 0.223 e. The van der Waals surface area contributed by atoms with Crippen molar-refractivity contribution in [3.8, 4) is 11.6 Å². The predicted octanol–water partition coefficient (Wildman–Crippen LogP) is 2.64. The summed E-state index contributed by atoms with van der Waals surface area (Å²) >= 11 is 0. The van der Waals surface area contributed by atoms with Gasteiger partial charge in [0, 0.05) is 6.07 Å². The Morgan fingerprint density at radius 1 is 1.15 bits per heavy atom. The van der Waals surface area contributed by atoms with Crippen molar-refractivity contribution in [2.24, 2.45) is 0 Å². The van der Waals surface area contributed by atoms with Gasteiger partial charge in [-0.3, -0.25) is 0 Å². The van der Waals surface area contributed by atoms with Crippen LogP contribution in [-0.2, 0) is 0 Å². The number of anilines is 1. The number of nitrogen functional groups attached to an aromatic ring is 1. The molecule has 5 heteroatoms. The molecule has 1 aromatic heterocycles. The zero-order valence-electron chi connectivity index (χ0n) is 11.5. The minimum atomic E-state index is 0.199. The third kappa shape index (κ3) is 3.71. The highest BCUT2D eigenvalue weighted by Gasteiger charge is 2.00. The van der Waals surface area contributed by atoms with Crippen LogP contribution in [0.1, 0.15) is 18.2 Å². The van der Waals surface area contributed by atoms with Gasteiger partial charge < -0.3 is 15.2 Å². The number of methoxy groups -OCH3 is 1. The average Bonchev–Trinajstić information content (AvgIpc) is 2.45. The van der Waals surface area contributed by atoms with Crippen LogP contribution in [0.3, 0.4) is 0 Å². The van der Waals surface area contributed by atoms with Crippen LogP contribution in [0.25, 0.3) is 12.2 Å². The van der Waals surface area contributed by atoms with Crippen molar-refractivity contribution in [2.75, 3.05) is 19.5 Å². The first-order chi connectivity index (χ1) is 9.71. The Morgan fingerprint density at radius 3 is 2.55 bits per heavy atom. The molecule has 0 aliphatic rings. The summed E-state index contributed by atoms with van der Waals surface area (Å²) < 4.78 is 10.4. The Labute approximate surface area is 118 Å². The van der Waals surface area contributed by atoms with Gasteiger partial charge in [-0.1, -0.05) is 18.2 Å². The first kappa shape index (κ1) is 13.9. The second-order valence-corrected chi connectivity index (χ2v) is 4.03. The van der Waals surface area contributed by atoms with E-state index in [4.69, 9.17) is 15.2 Å². The molecular formula is C15H17N3O2. The van der Waals surface area contributed by atoms with Crippen LogP contribution < -0.4 is 15.2 Å². The molecule has 0 amide bonds. The van der Waals surface area contributed by atoms with Crippen LogP contribution >= 0.6 is 0 Å². The normalized spacial score (nSPS) is 10.7. The van der Waals surface area contributed by atoms with Crippen molar-refractivity contribution in [1.82, 2.24) is 9.97 Å². The molecule has 0 atom stereocenters. The molecule has 20 heavy (non-hydrogen) atoms. The van der Waals surface area contributed by atoms with E-state index >= 15 is 0 Å². The lowest BCUT2D eigenvalue weighted by Crippen LogP contribution is -2.01. The van der Waals surface area contributed by atoms with Gasteiger partial charge in [0.05, 0.1) is 19.4 Å². The van der Waals surface area contributed by atoms with Crippen molar-refractivity contribution in [3.05, 3.63) is 41.6 Å². The molecule has 1 heterocycles. The molecule has 0 bridgehead atoms. The Bertz CT molecular complexity index is 595. The van der Waals surface area contributed by atoms with E-state index in [1.165, 1.54) is 0 Å². The monoisotopic (exact) mass is 271 g/mol. The van der Waals surface area contributed by atoms with Gasteiger partial charge in [0.2, 0.25) is 11.8 Å². The van der Waals surface area contributed by atoms with E-state index in [2.05, 4.69) is 9.97 Å². The molecule has 2 rings (SSSR count). The van der Waals surface area contributed by atoms with Gasteiger partial charge >= 0.3 is 0 Å². The lowest BCUT2D eigenvalue weighted by molar-refractivity contribution is 0.326. The number of hydrogen-bond acceptors (Lipinski definition) is 5. The first-order valence-corrected chi connectivity index (χ1v) is 6.30. The molecule has 5 nitrogen and oxygen atoms in total. The maximum Gasteiger partial charge on any atom is 0.223 e. The second-order valence-electron chi connectivity index (χ2n) is 4.03. The van der Waals surface area contributed by atoms with E-state index in [9.17, 15) is 0 Å². The maximum absolute atomic E-state index is 5.64. The maximum atomic E-state index is 5.64. The van der Waals surface area contributed by atoms with E-state index in [1.54, 1.807) is 13.2 Å². The Balaban J connectivity index is 2.17. The fourth-order valence-corrected chi connectivity index (χ4v) is 1.67. The quantitative estimate of drug-likeness (QED) is 0.905. The van der Waals surface area contributed by atoms with Crippen LogP contribution in [0.2, 0.25) is 0 Å². The van der Waals surface area contributed by atoms with Gasteiger partial charge in [-0.2, -0.15) is 4.98 Å². The molecule has 2 aromatic rings. The summed E-state index contributed by atoms with van der Waals surface area (Å²) in [5.41, 5.74) is 7.39. The number of nitrogens with zero attached hydrogens (tertiary/aromatic N) is 2. The summed E-state index contributed by atoms with van der Waals surface area (Å²) in [6.07, 6.45) is 3.80. The van der Waals surface area contributed by atoms with E-state index in [-0.39, 0.29) is 5.95 Å². The Hall–Kier alpha value is -2.56. The summed E-state index contributed by atoms with van der Waals surface area (Å²) in [7, 11) is 1.64. The number of nitrogens with two attached hydrogens (primary N) is 1. The van der Waals surface area contributed by atoms with E-state index in [0.717, 1.165) is 11.3 Å². The van der Waals surface area contributed by atoms with Crippen LogP contribution in [0, 0.1) is 0 Å². The summed E-state index contributed by atoms with van der Waals surface area (Å²) in [5, 5.41) is 0. The van der Waals surface area contributed by atoms with Crippen LogP contribution in [0.5, 0.6) is 11.6 Å². The van der Waals surface area contributed by atoms with Gasteiger partial charge in [-0.05, 0) is 30.7 Å². The number of ether oxygens (including phenoxy) is 2. The molecule has 0 saturated heterocycles. The van der Waals surface area contributed by atoms with Gasteiger partial charge in [0.15, 0.2) is 0 Å². The minimum Gasteiger partial charge on any atom is -0.497 e. The number of benzene rings is 1. The molecular weight excluding hydrogens is 254 g/mol. The van der Waals surface area contributed by atoms with Crippen molar-refractivity contribution in [2.45, 2.75) is 6.92 Å². The van der Waals surface area contributed by atoms with Gasteiger partial charge in [-0.15, -0.1) is 0 Å². The van der Waals surface area contributed by atoms with Gasteiger partial charge in [0.1, 0.15) is 5.75 Å². The third-order valence-electron chi connectivity index (χ3n) is 2.59. The molecule has 0 fully saturated rings. The summed E-state index contributed by atoms with van der Waals surface area (Å²) in [5.74, 6) is 1.51. The third-order valence-corrected chi connectivity index (χ3v) is 2.59. The Kier molecular flexibility index (Phi) is 4.55. The van der Waals surface area contributed by atoms with Crippen molar-refractivity contribution in [3.63, 3.8) is 0 Å². The lowest BCUT2D eigenvalue weighted by Gasteiger charge is -2.03. The second kappa shape index (κ2) is 6.56. The zero-order chi connectivity index (χ0) is 14.4. The lowest BCUT2D eigenvalue weighted by atomic mass is 10.2. The highest BCUT2D eigenvalue weighted by atomic mass is 16.5. The summed E-state index contributed by atoms with van der Waals surface area (Å²) in [6, 6.07) is 9.48. The van der Waals surface area contributed by atoms with Crippen LogP contribution in [0.4, 0.5) is 5.95 Å². The molecule has 0 aliphatic heterocycles. The zero-order valence-corrected chi connectivity index (χ0v) is 11.5. The van der Waals surface area contributed by atoms with E-state index < -0.39 is 0 Å². The Morgan fingerprint density at radius 2 is 1.90 bits per heavy atom. The van der Waals surface area contributed by atoms with E-state index in [0.29, 0.717) is 18.2 Å². The van der Waals surface area contributed by atoms with Crippen molar-refractivity contribution >= 4 is 18.1 Å². The highest BCUT2D eigenvalue weighted by molar-refractivity contribution is 5.68. The number of aromatic nitrogens is 2. The molecule has 0 radical (unpaired) electrons. The molecule has 0 spiro atoms. The standard InChI is InChI=1S/C15H17N3O2/c1-3-20-14-10-12(17-15(16)18-14)7-4-11-5-8-13(19-2)9-6-11/h4-10H,3H2,1-2H3,(H2,16,17,18)/b7-4-. The molecule has 0 saturated carbocycles. The van der Waals surface area contributed by atoms with Crippen LogP contribution in [-0.4, -0.2) is 23.7 Å². The summed E-state index contributed by atoms with van der Waals surface area (Å²) in [4.78, 5) is 8.14. The van der Waals surface area contributed by atoms with Gasteiger partial charge in [-0.25, -0.2) is 4.98 Å². The number of hydrogen-bond donors (Lipinski definition) is 1. The SMILES string of the molecule is CCOc1cc(/C=C\c2ccc(OC)cc2)nc(N)n1. The van der Waals surface area contributed by atoms with Crippen molar-refractivity contribution in [1.29, 1.82) is 0 Å². The minimum absolute atomic E-state index is 0.199.